The molecular weight excluding hydrogens is 218 g/mol. The van der Waals surface area contributed by atoms with E-state index >= 15 is 0 Å². The molecule has 0 spiro atoms. The minimum atomic E-state index is -0.337. The summed E-state index contributed by atoms with van der Waals surface area (Å²) >= 11 is 0. The Balaban J connectivity index is 2.01. The summed E-state index contributed by atoms with van der Waals surface area (Å²) in [7, 11) is 1.74. The smallest absolute Gasteiger partial charge is 0.0948 e. The molecule has 1 unspecified atom stereocenters. The molecule has 5 heteroatoms. The van der Waals surface area contributed by atoms with E-state index in [1.807, 2.05) is 0 Å². The number of hydrogen-bond donors (Lipinski definition) is 2. The van der Waals surface area contributed by atoms with Crippen molar-refractivity contribution < 1.29 is 9.84 Å². The summed E-state index contributed by atoms with van der Waals surface area (Å²) < 4.78 is 7.22. The highest BCUT2D eigenvalue weighted by atomic mass is 16.5. The van der Waals surface area contributed by atoms with E-state index in [0.717, 1.165) is 25.3 Å². The second-order valence-corrected chi connectivity index (χ2v) is 4.98. The second kappa shape index (κ2) is 5.16. The van der Waals surface area contributed by atoms with Gasteiger partial charge < -0.3 is 20.1 Å². The van der Waals surface area contributed by atoms with E-state index in [-0.39, 0.29) is 12.6 Å². The molecule has 1 saturated carbocycles. The van der Waals surface area contributed by atoms with Crippen molar-refractivity contribution in [3.8, 4) is 0 Å². The maximum Gasteiger partial charge on any atom is 0.0948 e. The largest absolute Gasteiger partial charge is 0.394 e. The van der Waals surface area contributed by atoms with Crippen LogP contribution in [-0.2, 0) is 11.3 Å². The van der Waals surface area contributed by atoms with Gasteiger partial charge in [0, 0.05) is 26.5 Å². The molecule has 1 aliphatic carbocycles. The highest BCUT2D eigenvalue weighted by Crippen LogP contribution is 2.50. The topological polar surface area (TPSA) is 73.3 Å². The van der Waals surface area contributed by atoms with Gasteiger partial charge in [-0.3, -0.25) is 0 Å². The Morgan fingerprint density at radius 1 is 1.65 bits per heavy atom. The maximum atomic E-state index is 9.10. The summed E-state index contributed by atoms with van der Waals surface area (Å²) in [4.78, 5) is 4.12. The van der Waals surface area contributed by atoms with Gasteiger partial charge in [0.25, 0.3) is 0 Å². The van der Waals surface area contributed by atoms with Crippen LogP contribution in [0.4, 0.5) is 0 Å². The SMILES string of the molecule is COCCC1(Cn2cncc2C(N)CO)CC1. The first kappa shape index (κ1) is 12.5. The fourth-order valence-electron chi connectivity index (χ4n) is 2.21. The van der Waals surface area contributed by atoms with E-state index in [1.165, 1.54) is 12.8 Å². The van der Waals surface area contributed by atoms with Gasteiger partial charge in [0.2, 0.25) is 0 Å². The van der Waals surface area contributed by atoms with Crippen molar-refractivity contribution >= 4 is 0 Å². The fourth-order valence-corrected chi connectivity index (χ4v) is 2.21. The number of methoxy groups -OCH3 is 1. The van der Waals surface area contributed by atoms with E-state index in [1.54, 1.807) is 19.6 Å². The average molecular weight is 239 g/mol. The third kappa shape index (κ3) is 2.86. The summed E-state index contributed by atoms with van der Waals surface area (Å²) in [6, 6.07) is -0.337. The standard InChI is InChI=1S/C12H21N3O2/c1-17-5-4-12(2-3-12)8-15-9-14-6-11(15)10(13)7-16/h6,9-10,16H,2-5,7-8,13H2,1H3. The first-order chi connectivity index (χ1) is 8.21. The molecule has 0 radical (unpaired) electrons. The lowest BCUT2D eigenvalue weighted by Gasteiger charge is -2.19. The van der Waals surface area contributed by atoms with Crippen molar-refractivity contribution in [1.82, 2.24) is 9.55 Å². The first-order valence-corrected chi connectivity index (χ1v) is 6.06. The van der Waals surface area contributed by atoms with E-state index in [2.05, 4.69) is 9.55 Å². The van der Waals surface area contributed by atoms with Crippen LogP contribution in [0.15, 0.2) is 12.5 Å². The van der Waals surface area contributed by atoms with Gasteiger partial charge in [-0.15, -0.1) is 0 Å². The lowest BCUT2D eigenvalue weighted by molar-refractivity contribution is 0.166. The van der Waals surface area contributed by atoms with Gasteiger partial charge >= 0.3 is 0 Å². The van der Waals surface area contributed by atoms with Gasteiger partial charge in [0.1, 0.15) is 0 Å². The quantitative estimate of drug-likeness (QED) is 0.734. The molecule has 0 aliphatic heterocycles. The number of rotatable bonds is 7. The number of aliphatic hydroxyl groups excluding tert-OH is 1. The number of nitrogens with two attached hydrogens (primary N) is 1. The predicted octanol–water partition coefficient (Wildman–Crippen LogP) is 0.692. The summed E-state index contributed by atoms with van der Waals surface area (Å²) in [6.45, 7) is 1.69. The molecule has 17 heavy (non-hydrogen) atoms. The number of nitrogens with zero attached hydrogens (tertiary/aromatic N) is 2. The molecule has 3 N–H and O–H groups in total. The van der Waals surface area contributed by atoms with Gasteiger partial charge in [-0.1, -0.05) is 0 Å². The Morgan fingerprint density at radius 2 is 2.41 bits per heavy atom. The van der Waals surface area contributed by atoms with Crippen molar-refractivity contribution in [1.29, 1.82) is 0 Å². The maximum absolute atomic E-state index is 9.10. The van der Waals surface area contributed by atoms with Crippen LogP contribution < -0.4 is 5.73 Å². The Morgan fingerprint density at radius 3 is 3.00 bits per heavy atom. The zero-order chi connectivity index (χ0) is 12.3. The fraction of sp³-hybridized carbons (Fsp3) is 0.750. The van der Waals surface area contributed by atoms with Crippen molar-refractivity contribution in [2.45, 2.75) is 31.8 Å². The molecule has 0 bridgehead atoms. The van der Waals surface area contributed by atoms with Gasteiger partial charge in [-0.05, 0) is 24.7 Å². The van der Waals surface area contributed by atoms with E-state index in [4.69, 9.17) is 15.6 Å². The highest BCUT2D eigenvalue weighted by Gasteiger charge is 2.42. The Labute approximate surface area is 102 Å². The number of ether oxygens (including phenoxy) is 1. The van der Waals surface area contributed by atoms with Crippen molar-refractivity contribution in [3.63, 3.8) is 0 Å². The van der Waals surface area contributed by atoms with Crippen LogP contribution >= 0.6 is 0 Å². The minimum absolute atomic E-state index is 0.0449. The lowest BCUT2D eigenvalue weighted by Crippen LogP contribution is -2.22. The molecule has 0 aromatic carbocycles. The molecule has 0 amide bonds. The predicted molar refractivity (Wildman–Crippen MR) is 64.4 cm³/mol. The lowest BCUT2D eigenvalue weighted by atomic mass is 10.0. The van der Waals surface area contributed by atoms with Gasteiger partial charge in [0.15, 0.2) is 0 Å². The van der Waals surface area contributed by atoms with Crippen LogP contribution in [0.2, 0.25) is 0 Å². The van der Waals surface area contributed by atoms with Gasteiger partial charge in [-0.25, -0.2) is 4.98 Å². The van der Waals surface area contributed by atoms with Gasteiger partial charge in [0.05, 0.1) is 24.7 Å². The number of aliphatic hydroxyl groups is 1. The Kier molecular flexibility index (Phi) is 3.81. The van der Waals surface area contributed by atoms with Crippen LogP contribution in [0, 0.1) is 5.41 Å². The van der Waals surface area contributed by atoms with Crippen molar-refractivity contribution in [2.24, 2.45) is 11.1 Å². The zero-order valence-electron chi connectivity index (χ0n) is 10.3. The molecular formula is C12H21N3O2. The third-order valence-electron chi connectivity index (χ3n) is 3.62. The molecule has 1 aromatic heterocycles. The molecule has 0 saturated heterocycles. The molecule has 5 nitrogen and oxygen atoms in total. The summed E-state index contributed by atoms with van der Waals surface area (Å²) in [6.07, 6.45) is 7.10. The number of imidazole rings is 1. The van der Waals surface area contributed by atoms with Crippen LogP contribution in [0.3, 0.4) is 0 Å². The third-order valence-corrected chi connectivity index (χ3v) is 3.62. The summed E-state index contributed by atoms with van der Waals surface area (Å²) in [5, 5.41) is 9.10. The normalized spacial score (nSPS) is 19.2. The average Bonchev–Trinajstić information content (AvgIpc) is 2.95. The minimum Gasteiger partial charge on any atom is -0.394 e. The Hall–Kier alpha value is -0.910. The molecule has 96 valence electrons. The zero-order valence-corrected chi connectivity index (χ0v) is 10.3. The first-order valence-electron chi connectivity index (χ1n) is 6.06. The molecule has 1 heterocycles. The Bertz CT molecular complexity index is 360. The van der Waals surface area contributed by atoms with Crippen LogP contribution in [-0.4, -0.2) is 35.0 Å². The van der Waals surface area contributed by atoms with E-state index < -0.39 is 0 Å². The van der Waals surface area contributed by atoms with Gasteiger partial charge in [-0.2, -0.15) is 0 Å². The molecule has 1 atom stereocenters. The van der Waals surface area contributed by atoms with Crippen molar-refractivity contribution in [3.05, 3.63) is 18.2 Å². The van der Waals surface area contributed by atoms with Crippen LogP contribution in [0.25, 0.3) is 0 Å². The summed E-state index contributed by atoms with van der Waals surface area (Å²) in [5.74, 6) is 0. The number of aromatic nitrogens is 2. The van der Waals surface area contributed by atoms with Crippen LogP contribution in [0.1, 0.15) is 31.0 Å². The molecule has 1 aliphatic rings. The molecule has 1 fully saturated rings. The highest BCUT2D eigenvalue weighted by molar-refractivity contribution is 5.07. The van der Waals surface area contributed by atoms with E-state index in [0.29, 0.717) is 5.41 Å². The summed E-state index contributed by atoms with van der Waals surface area (Å²) in [5.41, 5.74) is 7.12. The van der Waals surface area contributed by atoms with Crippen molar-refractivity contribution in [2.75, 3.05) is 20.3 Å². The van der Waals surface area contributed by atoms with E-state index in [9.17, 15) is 0 Å². The van der Waals surface area contributed by atoms with Crippen LogP contribution in [0.5, 0.6) is 0 Å². The monoisotopic (exact) mass is 239 g/mol. The number of hydrogen-bond acceptors (Lipinski definition) is 4. The second-order valence-electron chi connectivity index (χ2n) is 4.98. The molecule has 1 aromatic rings. The molecule has 2 rings (SSSR count).